The van der Waals surface area contributed by atoms with Gasteiger partial charge in [-0.15, -0.1) is 16.8 Å². The molecule has 0 unspecified atom stereocenters. The molecule has 1 rings (SSSR count). The molecule has 0 saturated heterocycles. The Morgan fingerprint density at radius 3 is 3.12 bits per heavy atom. The first kappa shape index (κ1) is 12.0. The van der Waals surface area contributed by atoms with Crippen molar-refractivity contribution in [1.29, 1.82) is 5.26 Å². The number of carbonyl (C=O) groups is 1. The van der Waals surface area contributed by atoms with Crippen LogP contribution in [0.1, 0.15) is 10.4 Å². The van der Waals surface area contributed by atoms with Crippen LogP contribution in [0.5, 0.6) is 0 Å². The third kappa shape index (κ3) is 2.96. The average molecular weight is 235 g/mol. The zero-order chi connectivity index (χ0) is 12.0. The predicted octanol–water partition coefficient (Wildman–Crippen LogP) is 0.329. The number of pyridine rings is 1. The predicted molar refractivity (Wildman–Crippen MR) is 60.7 cm³/mol. The maximum Gasteiger partial charge on any atom is 0.260 e. The van der Waals surface area contributed by atoms with Gasteiger partial charge in [0.05, 0.1) is 5.56 Å². The number of nitrogens with one attached hydrogen (secondary N) is 1. The fraction of sp³-hybridized carbons (Fsp3) is 0.111. The summed E-state index contributed by atoms with van der Waals surface area (Å²) in [7, 11) is 0. The van der Waals surface area contributed by atoms with E-state index in [1.54, 1.807) is 18.3 Å². The summed E-state index contributed by atoms with van der Waals surface area (Å²) in [4.78, 5) is 18.9. The van der Waals surface area contributed by atoms with Crippen LogP contribution in [-0.2, 0) is 0 Å². The standard InChI is InChI=1S/C9H9N5OS/c1-16-8-6(3-2-4-12-8)7(15)14-9(11)13-5-10/h2-4H,1H3,(H3,11,13,14,15). The van der Waals surface area contributed by atoms with Crippen molar-refractivity contribution in [2.45, 2.75) is 5.03 Å². The highest BCUT2D eigenvalue weighted by atomic mass is 32.2. The van der Waals surface area contributed by atoms with E-state index in [0.29, 0.717) is 10.6 Å². The van der Waals surface area contributed by atoms with Gasteiger partial charge in [0.25, 0.3) is 5.91 Å². The number of carbonyl (C=O) groups excluding carboxylic acids is 1. The second-order valence-electron chi connectivity index (χ2n) is 2.61. The molecule has 0 aliphatic rings. The molecule has 0 bridgehead atoms. The van der Waals surface area contributed by atoms with Gasteiger partial charge in [0, 0.05) is 6.20 Å². The molecular weight excluding hydrogens is 226 g/mol. The maximum absolute atomic E-state index is 11.7. The van der Waals surface area contributed by atoms with Gasteiger partial charge in [0.2, 0.25) is 12.2 Å². The summed E-state index contributed by atoms with van der Waals surface area (Å²) in [6.45, 7) is 0. The molecule has 0 fully saturated rings. The summed E-state index contributed by atoms with van der Waals surface area (Å²) in [5, 5.41) is 11.1. The lowest BCUT2D eigenvalue weighted by Crippen LogP contribution is -2.36. The molecule has 16 heavy (non-hydrogen) atoms. The van der Waals surface area contributed by atoms with Gasteiger partial charge < -0.3 is 5.73 Å². The quantitative estimate of drug-likeness (QED) is 0.332. The van der Waals surface area contributed by atoms with E-state index in [9.17, 15) is 4.79 Å². The first-order valence-electron chi connectivity index (χ1n) is 4.21. The van der Waals surface area contributed by atoms with Crippen LogP contribution in [-0.4, -0.2) is 23.1 Å². The zero-order valence-corrected chi connectivity index (χ0v) is 9.28. The van der Waals surface area contributed by atoms with Crippen molar-refractivity contribution in [2.24, 2.45) is 10.7 Å². The molecule has 6 nitrogen and oxygen atoms in total. The normalized spacial score (nSPS) is 10.6. The van der Waals surface area contributed by atoms with Crippen LogP contribution in [0.3, 0.4) is 0 Å². The molecule has 1 aromatic rings. The largest absolute Gasteiger partial charge is 0.369 e. The van der Waals surface area contributed by atoms with E-state index in [1.807, 2.05) is 6.26 Å². The third-order valence-electron chi connectivity index (χ3n) is 1.62. The fourth-order valence-corrected chi connectivity index (χ4v) is 1.54. The summed E-state index contributed by atoms with van der Waals surface area (Å²) in [6.07, 6.45) is 4.88. The Labute approximate surface area is 96.6 Å². The van der Waals surface area contributed by atoms with Gasteiger partial charge in [0.15, 0.2) is 0 Å². The molecule has 1 aromatic heterocycles. The van der Waals surface area contributed by atoms with E-state index in [-0.39, 0.29) is 5.96 Å². The minimum atomic E-state index is -0.436. The number of aromatic nitrogens is 1. The number of nitrogens with two attached hydrogens (primary N) is 1. The van der Waals surface area contributed by atoms with Gasteiger partial charge in [-0.1, -0.05) is 0 Å². The van der Waals surface area contributed by atoms with Crippen LogP contribution in [0.2, 0.25) is 0 Å². The minimum absolute atomic E-state index is 0.233. The molecule has 0 saturated carbocycles. The van der Waals surface area contributed by atoms with E-state index in [0.717, 1.165) is 0 Å². The van der Waals surface area contributed by atoms with Crippen LogP contribution < -0.4 is 11.1 Å². The van der Waals surface area contributed by atoms with Gasteiger partial charge >= 0.3 is 0 Å². The van der Waals surface area contributed by atoms with Gasteiger partial charge in [-0.05, 0) is 18.4 Å². The van der Waals surface area contributed by atoms with Crippen molar-refractivity contribution >= 4 is 23.6 Å². The van der Waals surface area contributed by atoms with Crippen molar-refractivity contribution < 1.29 is 4.79 Å². The second kappa shape index (κ2) is 5.72. The summed E-state index contributed by atoms with van der Waals surface area (Å²) >= 11 is 1.35. The number of amides is 1. The van der Waals surface area contributed by atoms with Crippen molar-refractivity contribution in [2.75, 3.05) is 6.26 Å². The molecule has 0 aromatic carbocycles. The number of nitriles is 1. The van der Waals surface area contributed by atoms with E-state index in [4.69, 9.17) is 11.0 Å². The minimum Gasteiger partial charge on any atom is -0.369 e. The van der Waals surface area contributed by atoms with Crippen molar-refractivity contribution in [3.05, 3.63) is 23.9 Å². The molecule has 0 spiro atoms. The molecule has 1 heterocycles. The van der Waals surface area contributed by atoms with Crippen LogP contribution in [0.4, 0.5) is 0 Å². The average Bonchev–Trinajstić information content (AvgIpc) is 2.29. The van der Waals surface area contributed by atoms with E-state index in [1.165, 1.54) is 18.0 Å². The van der Waals surface area contributed by atoms with Crippen molar-refractivity contribution in [1.82, 2.24) is 10.3 Å². The summed E-state index contributed by atoms with van der Waals surface area (Å²) in [6, 6.07) is 3.26. The van der Waals surface area contributed by atoms with Crippen LogP contribution in [0, 0.1) is 11.5 Å². The number of thioether (sulfide) groups is 1. The lowest BCUT2D eigenvalue weighted by Gasteiger charge is -2.05. The molecule has 82 valence electrons. The van der Waals surface area contributed by atoms with Crippen LogP contribution >= 0.6 is 11.8 Å². The molecule has 0 radical (unpaired) electrons. The Hall–Kier alpha value is -2.07. The fourth-order valence-electron chi connectivity index (χ4n) is 0.992. The number of nitrogens with zero attached hydrogens (tertiary/aromatic N) is 3. The Kier molecular flexibility index (Phi) is 4.29. The Morgan fingerprint density at radius 1 is 1.75 bits per heavy atom. The lowest BCUT2D eigenvalue weighted by molar-refractivity contribution is 0.0973. The lowest BCUT2D eigenvalue weighted by atomic mass is 10.3. The number of hydrogen-bond acceptors (Lipinski definition) is 5. The first-order valence-corrected chi connectivity index (χ1v) is 5.44. The highest BCUT2D eigenvalue weighted by Crippen LogP contribution is 2.16. The van der Waals surface area contributed by atoms with Gasteiger partial charge in [-0.3, -0.25) is 10.1 Å². The molecule has 1 amide bonds. The van der Waals surface area contributed by atoms with Gasteiger partial charge in [-0.2, -0.15) is 5.26 Å². The topological polar surface area (TPSA) is 104 Å². The monoisotopic (exact) mass is 235 g/mol. The molecule has 0 aliphatic heterocycles. The first-order chi connectivity index (χ1) is 7.69. The molecular formula is C9H9N5OS. The SMILES string of the molecule is CSc1ncccc1C(=O)NC(N)=NC#N. The summed E-state index contributed by atoms with van der Waals surface area (Å²) < 4.78 is 0. The summed E-state index contributed by atoms with van der Waals surface area (Å²) in [5.74, 6) is -0.669. The van der Waals surface area contributed by atoms with Gasteiger partial charge in [-0.25, -0.2) is 4.98 Å². The van der Waals surface area contributed by atoms with Crippen LogP contribution in [0.15, 0.2) is 28.3 Å². The molecule has 0 aliphatic carbocycles. The Morgan fingerprint density at radius 2 is 2.50 bits per heavy atom. The Balaban J connectivity index is 2.89. The van der Waals surface area contributed by atoms with Crippen molar-refractivity contribution in [3.63, 3.8) is 0 Å². The third-order valence-corrected chi connectivity index (χ3v) is 2.33. The maximum atomic E-state index is 11.7. The van der Waals surface area contributed by atoms with Gasteiger partial charge in [0.1, 0.15) is 5.03 Å². The second-order valence-corrected chi connectivity index (χ2v) is 3.41. The van der Waals surface area contributed by atoms with E-state index in [2.05, 4.69) is 15.3 Å². The Bertz CT molecular complexity index is 465. The van der Waals surface area contributed by atoms with Crippen LogP contribution in [0.25, 0.3) is 0 Å². The number of hydrogen-bond donors (Lipinski definition) is 2. The summed E-state index contributed by atoms with van der Waals surface area (Å²) in [5.41, 5.74) is 5.68. The highest BCUT2D eigenvalue weighted by Gasteiger charge is 2.11. The highest BCUT2D eigenvalue weighted by molar-refractivity contribution is 7.98. The number of rotatable bonds is 2. The number of guanidine groups is 1. The smallest absolute Gasteiger partial charge is 0.260 e. The molecule has 3 N–H and O–H groups in total. The molecule has 7 heteroatoms. The molecule has 0 atom stereocenters. The van der Waals surface area contributed by atoms with Crippen molar-refractivity contribution in [3.8, 4) is 6.19 Å². The van der Waals surface area contributed by atoms with E-state index < -0.39 is 5.91 Å². The van der Waals surface area contributed by atoms with E-state index >= 15 is 0 Å². The number of aliphatic imine (C=N–C) groups is 1. The zero-order valence-electron chi connectivity index (χ0n) is 8.47.